The highest BCUT2D eigenvalue weighted by molar-refractivity contribution is 5.80. The van der Waals surface area contributed by atoms with Crippen LogP contribution in [0.1, 0.15) is 6.92 Å². The maximum Gasteiger partial charge on any atom is 0.434 e. The van der Waals surface area contributed by atoms with Gasteiger partial charge in [-0.1, -0.05) is 0 Å². The van der Waals surface area contributed by atoms with Gasteiger partial charge < -0.3 is 9.84 Å². The number of hydrogen-bond donors (Lipinski definition) is 1. The molecule has 0 spiro atoms. The van der Waals surface area contributed by atoms with E-state index in [-0.39, 0.29) is 0 Å². The molecular weight excluding hydrogens is 223 g/mol. The first-order valence-corrected chi connectivity index (χ1v) is 3.73. The van der Waals surface area contributed by atoms with Gasteiger partial charge in [0.15, 0.2) is 0 Å². The third kappa shape index (κ3) is 3.05. The van der Waals surface area contributed by atoms with Gasteiger partial charge in [0, 0.05) is 4.92 Å². The van der Waals surface area contributed by atoms with Gasteiger partial charge in [0.1, 0.15) is 0 Å². The largest absolute Gasteiger partial charge is 0.463 e. The molecule has 0 rings (SSSR count). The van der Waals surface area contributed by atoms with E-state index in [1.165, 1.54) is 6.92 Å². The Bertz CT molecular complexity index is 266. The number of carbonyl (C=O) groups is 1. The lowest BCUT2D eigenvalue weighted by Gasteiger charge is -2.23. The molecule has 0 saturated heterocycles. The number of esters is 1. The van der Waals surface area contributed by atoms with Crippen LogP contribution in [0, 0.1) is 10.1 Å². The Kier molecular flexibility index (Phi) is 4.02. The summed E-state index contributed by atoms with van der Waals surface area (Å²) in [5.41, 5.74) is -4.09. The van der Waals surface area contributed by atoms with Gasteiger partial charge in [-0.25, -0.2) is 4.79 Å². The molecule has 1 unspecified atom stereocenters. The number of rotatable bonds is 4. The number of nitro groups is 1. The number of aliphatic hydroxyl groups is 1. The fourth-order valence-corrected chi connectivity index (χ4v) is 0.707. The molecule has 88 valence electrons. The van der Waals surface area contributed by atoms with Crippen molar-refractivity contribution in [1.29, 1.82) is 0 Å². The third-order valence-electron chi connectivity index (χ3n) is 1.44. The average Bonchev–Trinajstić information content (AvgIpc) is 2.01. The van der Waals surface area contributed by atoms with Gasteiger partial charge in [0.05, 0.1) is 6.61 Å². The Morgan fingerprint density at radius 1 is 1.53 bits per heavy atom. The number of hydrogen-bond acceptors (Lipinski definition) is 5. The van der Waals surface area contributed by atoms with E-state index in [4.69, 9.17) is 5.11 Å². The van der Waals surface area contributed by atoms with Crippen molar-refractivity contribution in [3.05, 3.63) is 10.1 Å². The number of alkyl halides is 3. The summed E-state index contributed by atoms with van der Waals surface area (Å²) in [4.78, 5) is 19.2. The van der Waals surface area contributed by atoms with Crippen LogP contribution >= 0.6 is 0 Å². The fourth-order valence-electron chi connectivity index (χ4n) is 0.707. The first-order valence-electron chi connectivity index (χ1n) is 3.73. The highest BCUT2D eigenvalue weighted by Crippen LogP contribution is 2.31. The minimum absolute atomic E-state index is 0.422. The van der Waals surface area contributed by atoms with Gasteiger partial charge in [-0.05, 0) is 6.92 Å². The maximum atomic E-state index is 12.2. The number of nitrogens with zero attached hydrogens (tertiary/aromatic N) is 1. The summed E-state index contributed by atoms with van der Waals surface area (Å²) in [5, 5.41) is 18.8. The second-order valence-electron chi connectivity index (χ2n) is 2.57. The first kappa shape index (κ1) is 13.6. The van der Waals surface area contributed by atoms with Crippen LogP contribution in [0.15, 0.2) is 0 Å². The minimum Gasteiger partial charge on any atom is -0.463 e. The number of carbonyl (C=O) groups excluding carboxylic acids is 1. The van der Waals surface area contributed by atoms with Crippen LogP contribution in [0.2, 0.25) is 0 Å². The van der Waals surface area contributed by atoms with Crippen LogP contribution in [-0.4, -0.2) is 40.9 Å². The highest BCUT2D eigenvalue weighted by atomic mass is 19.4. The van der Waals surface area contributed by atoms with Gasteiger partial charge in [-0.15, -0.1) is 0 Å². The van der Waals surface area contributed by atoms with Crippen molar-refractivity contribution in [2.24, 2.45) is 0 Å². The lowest BCUT2D eigenvalue weighted by atomic mass is 10.0. The molecule has 0 saturated carbocycles. The van der Waals surface area contributed by atoms with E-state index >= 15 is 0 Å². The molecule has 6 nitrogen and oxygen atoms in total. The van der Waals surface area contributed by atoms with Crippen molar-refractivity contribution in [3.63, 3.8) is 0 Å². The van der Waals surface area contributed by atoms with E-state index < -0.39 is 35.8 Å². The van der Waals surface area contributed by atoms with Crippen molar-refractivity contribution in [2.75, 3.05) is 13.2 Å². The highest BCUT2D eigenvalue weighted by Gasteiger charge is 2.64. The Morgan fingerprint density at radius 2 is 2.00 bits per heavy atom. The van der Waals surface area contributed by atoms with Crippen LogP contribution in [0.3, 0.4) is 0 Å². The van der Waals surface area contributed by atoms with Gasteiger partial charge in [0.2, 0.25) is 0 Å². The SMILES string of the molecule is CCOC(=O)C(O)(C[N+](=O)[O-])C(F)(F)F. The molecule has 0 bridgehead atoms. The Hall–Kier alpha value is -1.38. The zero-order valence-electron chi connectivity index (χ0n) is 7.58. The summed E-state index contributed by atoms with van der Waals surface area (Å²) in [6.07, 6.45) is -5.45. The van der Waals surface area contributed by atoms with Crippen LogP contribution in [0.4, 0.5) is 13.2 Å². The van der Waals surface area contributed by atoms with Crippen molar-refractivity contribution in [3.8, 4) is 0 Å². The van der Waals surface area contributed by atoms with Gasteiger partial charge in [-0.3, -0.25) is 10.1 Å². The molecule has 0 aliphatic heterocycles. The van der Waals surface area contributed by atoms with Gasteiger partial charge >= 0.3 is 17.7 Å². The van der Waals surface area contributed by atoms with E-state index in [2.05, 4.69) is 4.74 Å². The van der Waals surface area contributed by atoms with E-state index in [1.54, 1.807) is 0 Å². The molecule has 1 N–H and O–H groups in total. The maximum absolute atomic E-state index is 12.2. The summed E-state index contributed by atoms with van der Waals surface area (Å²) in [7, 11) is 0. The molecule has 0 amide bonds. The smallest absolute Gasteiger partial charge is 0.434 e. The topological polar surface area (TPSA) is 89.7 Å². The van der Waals surface area contributed by atoms with Gasteiger partial charge in [-0.2, -0.15) is 13.2 Å². The molecule has 1 atom stereocenters. The normalized spacial score (nSPS) is 15.5. The summed E-state index contributed by atoms with van der Waals surface area (Å²) in [5.74, 6) is -2.07. The molecule has 15 heavy (non-hydrogen) atoms. The van der Waals surface area contributed by atoms with Crippen LogP contribution in [-0.2, 0) is 9.53 Å². The van der Waals surface area contributed by atoms with E-state index in [9.17, 15) is 28.1 Å². The molecule has 0 radical (unpaired) electrons. The fraction of sp³-hybridized carbons (Fsp3) is 0.833. The van der Waals surface area contributed by atoms with E-state index in [0.29, 0.717) is 0 Å². The molecule has 0 aromatic heterocycles. The Morgan fingerprint density at radius 3 is 2.27 bits per heavy atom. The minimum atomic E-state index is -5.45. The molecule has 0 aliphatic carbocycles. The first-order chi connectivity index (χ1) is 6.65. The number of ether oxygens (including phenoxy) is 1. The molecule has 9 heteroatoms. The van der Waals surface area contributed by atoms with E-state index in [1.807, 2.05) is 0 Å². The quantitative estimate of drug-likeness (QED) is 0.421. The summed E-state index contributed by atoms with van der Waals surface area (Å²) < 4.78 is 40.5. The Labute approximate surface area is 81.8 Å². The Balaban J connectivity index is 5.02. The monoisotopic (exact) mass is 231 g/mol. The van der Waals surface area contributed by atoms with Crippen molar-refractivity contribution in [2.45, 2.75) is 18.7 Å². The second-order valence-corrected chi connectivity index (χ2v) is 2.57. The second kappa shape index (κ2) is 4.43. The molecule has 0 aromatic carbocycles. The lowest BCUT2D eigenvalue weighted by Crippen LogP contribution is -2.57. The predicted molar refractivity (Wildman–Crippen MR) is 39.5 cm³/mol. The van der Waals surface area contributed by atoms with Crippen molar-refractivity contribution in [1.82, 2.24) is 0 Å². The van der Waals surface area contributed by atoms with Crippen molar-refractivity contribution >= 4 is 5.97 Å². The average molecular weight is 231 g/mol. The van der Waals surface area contributed by atoms with Crippen LogP contribution < -0.4 is 0 Å². The zero-order chi connectivity index (χ0) is 12.3. The summed E-state index contributed by atoms with van der Waals surface area (Å²) in [6.45, 7) is -1.19. The summed E-state index contributed by atoms with van der Waals surface area (Å²) in [6, 6.07) is 0. The predicted octanol–water partition coefficient (Wildman–Crippen LogP) is 0.120. The molecule has 0 aromatic rings. The summed E-state index contributed by atoms with van der Waals surface area (Å²) >= 11 is 0. The van der Waals surface area contributed by atoms with E-state index in [0.717, 1.165) is 0 Å². The number of halogens is 3. The van der Waals surface area contributed by atoms with Crippen molar-refractivity contribution < 1.29 is 32.7 Å². The molecule has 0 heterocycles. The van der Waals surface area contributed by atoms with Gasteiger partial charge in [0.25, 0.3) is 6.54 Å². The third-order valence-corrected chi connectivity index (χ3v) is 1.44. The zero-order valence-corrected chi connectivity index (χ0v) is 7.58. The molecular formula is C6H8F3NO5. The molecule has 0 aliphatic rings. The standard InChI is InChI=1S/C6H8F3NO5/c1-2-15-4(11)5(12,3-10(13)14)6(7,8)9/h12H,2-3H2,1H3. The lowest BCUT2D eigenvalue weighted by molar-refractivity contribution is -0.510. The molecule has 0 fully saturated rings. The van der Waals surface area contributed by atoms with Crippen LogP contribution in [0.25, 0.3) is 0 Å². The van der Waals surface area contributed by atoms with Crippen LogP contribution in [0.5, 0.6) is 0 Å².